The van der Waals surface area contributed by atoms with E-state index < -0.39 is 27.9 Å². The third-order valence-electron chi connectivity index (χ3n) is 4.09. The molecule has 34 heavy (non-hydrogen) atoms. The molecule has 0 amide bonds. The lowest BCUT2D eigenvalue weighted by Gasteiger charge is -2.19. The highest BCUT2D eigenvalue weighted by atomic mass is 32.2. The molecule has 0 unspecified atom stereocenters. The molecule has 0 aliphatic heterocycles. The molecular weight excluding hydrogens is 489 g/mol. The normalized spacial score (nSPS) is 11.4. The highest BCUT2D eigenvalue weighted by Crippen LogP contribution is 2.30. The third-order valence-corrected chi connectivity index (χ3v) is 7.17. The van der Waals surface area contributed by atoms with Crippen LogP contribution in [0.2, 0.25) is 0 Å². The lowest BCUT2D eigenvalue weighted by atomic mass is 10.3. The summed E-state index contributed by atoms with van der Waals surface area (Å²) in [5.74, 6) is -1.38. The first-order valence-electron chi connectivity index (χ1n) is 9.68. The van der Waals surface area contributed by atoms with Crippen molar-refractivity contribution in [1.82, 2.24) is 0 Å². The Hall–Kier alpha value is -3.08. The van der Waals surface area contributed by atoms with E-state index in [1.807, 2.05) is 48.5 Å². The molecule has 0 bridgehead atoms. The summed E-state index contributed by atoms with van der Waals surface area (Å²) in [6, 6.07) is 27.5. The van der Waals surface area contributed by atoms with Crippen molar-refractivity contribution in [2.24, 2.45) is 0 Å². The summed E-state index contributed by atoms with van der Waals surface area (Å²) in [5.41, 5.74) is -0.177. The SMILES string of the molecule is C=C(C)C(=O)OCC(F)(F)S(=O)(=O)[O-].Fc1ccc([S+](c2ccccc2)c2ccccc2)cc1. The van der Waals surface area contributed by atoms with E-state index in [9.17, 15) is 30.9 Å². The molecule has 3 rings (SSSR count). The molecule has 0 saturated carbocycles. The maximum atomic E-state index is 13.2. The van der Waals surface area contributed by atoms with E-state index in [1.54, 1.807) is 0 Å². The van der Waals surface area contributed by atoms with Gasteiger partial charge in [-0.3, -0.25) is 0 Å². The van der Waals surface area contributed by atoms with Gasteiger partial charge in [0.15, 0.2) is 31.4 Å². The zero-order valence-corrected chi connectivity index (χ0v) is 19.6. The molecule has 3 aromatic rings. The summed E-state index contributed by atoms with van der Waals surface area (Å²) in [5, 5.41) is -4.61. The average Bonchev–Trinajstić information content (AvgIpc) is 2.80. The van der Waals surface area contributed by atoms with Gasteiger partial charge >= 0.3 is 11.2 Å². The van der Waals surface area contributed by atoms with Gasteiger partial charge in [0.2, 0.25) is 0 Å². The van der Waals surface area contributed by atoms with Crippen molar-refractivity contribution in [3.05, 3.63) is 103 Å². The van der Waals surface area contributed by atoms with Crippen molar-refractivity contribution >= 4 is 27.0 Å². The fourth-order valence-corrected chi connectivity index (χ4v) is 4.72. The molecule has 0 fully saturated rings. The molecule has 5 nitrogen and oxygen atoms in total. The van der Waals surface area contributed by atoms with E-state index in [0.717, 1.165) is 4.90 Å². The summed E-state index contributed by atoms with van der Waals surface area (Å²) in [6.07, 6.45) is 0. The molecule has 0 spiro atoms. The molecule has 180 valence electrons. The second-order valence-electron chi connectivity index (χ2n) is 6.83. The predicted molar refractivity (Wildman–Crippen MR) is 122 cm³/mol. The maximum Gasteiger partial charge on any atom is 0.367 e. The van der Waals surface area contributed by atoms with Crippen LogP contribution < -0.4 is 0 Å². The zero-order chi connectivity index (χ0) is 25.4. The summed E-state index contributed by atoms with van der Waals surface area (Å²) in [4.78, 5) is 14.2. The fraction of sp³-hybridized carbons (Fsp3) is 0.125. The van der Waals surface area contributed by atoms with Crippen LogP contribution in [-0.2, 0) is 30.5 Å². The van der Waals surface area contributed by atoms with Crippen molar-refractivity contribution in [3.8, 4) is 0 Å². The van der Waals surface area contributed by atoms with Crippen LogP contribution in [-0.4, -0.2) is 30.8 Å². The number of benzene rings is 3. The van der Waals surface area contributed by atoms with Gasteiger partial charge in [-0.05, 0) is 55.5 Å². The van der Waals surface area contributed by atoms with Crippen molar-refractivity contribution in [2.75, 3.05) is 6.61 Å². The first-order chi connectivity index (χ1) is 15.9. The number of carbonyl (C=O) groups is 1. The quantitative estimate of drug-likeness (QED) is 0.190. The smallest absolute Gasteiger partial charge is 0.367 e. The number of hydrogen-bond acceptors (Lipinski definition) is 5. The van der Waals surface area contributed by atoms with E-state index in [0.29, 0.717) is 0 Å². The minimum Gasteiger partial charge on any atom is -0.743 e. The summed E-state index contributed by atoms with van der Waals surface area (Å²) >= 11 is 0. The standard InChI is InChI=1S/C18H14FS.C6H8F2O5S/c19-15-11-13-18(14-12-15)20(16-7-3-1-4-8-16)17-9-5-2-6-10-17;1-4(2)5(9)13-3-6(7,8)14(10,11)12/h1-14H;1,3H2,2H3,(H,10,11,12)/q+1;/p-1. The van der Waals surface area contributed by atoms with Crippen LogP contribution in [0.3, 0.4) is 0 Å². The fourth-order valence-electron chi connectivity index (χ4n) is 2.44. The lowest BCUT2D eigenvalue weighted by molar-refractivity contribution is -0.144. The highest BCUT2D eigenvalue weighted by molar-refractivity contribution is 7.97. The Labute approximate surface area is 199 Å². The van der Waals surface area contributed by atoms with Crippen molar-refractivity contribution in [3.63, 3.8) is 0 Å². The van der Waals surface area contributed by atoms with Gasteiger partial charge in [0.05, 0.1) is 10.9 Å². The van der Waals surface area contributed by atoms with Crippen LogP contribution in [0, 0.1) is 5.82 Å². The summed E-state index contributed by atoms with van der Waals surface area (Å²) < 4.78 is 71.4. The summed E-state index contributed by atoms with van der Waals surface area (Å²) in [7, 11) is -6.00. The molecule has 0 heterocycles. The van der Waals surface area contributed by atoms with E-state index >= 15 is 0 Å². The van der Waals surface area contributed by atoms with Gasteiger partial charge in [0.1, 0.15) is 5.82 Å². The molecule has 0 radical (unpaired) electrons. The van der Waals surface area contributed by atoms with E-state index in [1.165, 1.54) is 28.8 Å². The van der Waals surface area contributed by atoms with Gasteiger partial charge in [-0.2, -0.15) is 8.78 Å². The molecule has 0 atom stereocenters. The van der Waals surface area contributed by atoms with Crippen LogP contribution in [0.1, 0.15) is 6.92 Å². The Morgan fingerprint density at radius 2 is 1.32 bits per heavy atom. The lowest BCUT2D eigenvalue weighted by Crippen LogP contribution is -2.34. The minimum atomic E-state index is -5.81. The average molecular weight is 511 g/mol. The predicted octanol–water partition coefficient (Wildman–Crippen LogP) is 5.16. The second-order valence-corrected chi connectivity index (χ2v) is 10.4. The Bertz CT molecular complexity index is 1160. The Kier molecular flexibility index (Phi) is 9.48. The number of alkyl halides is 2. The zero-order valence-electron chi connectivity index (χ0n) is 18.0. The highest BCUT2D eigenvalue weighted by Gasteiger charge is 2.39. The van der Waals surface area contributed by atoms with Crippen LogP contribution in [0.4, 0.5) is 13.2 Å². The Morgan fingerprint density at radius 1 is 0.912 bits per heavy atom. The topological polar surface area (TPSA) is 83.5 Å². The number of halogens is 3. The van der Waals surface area contributed by atoms with Crippen molar-refractivity contribution in [2.45, 2.75) is 26.9 Å². The monoisotopic (exact) mass is 510 g/mol. The van der Waals surface area contributed by atoms with Crippen LogP contribution in [0.25, 0.3) is 0 Å². The second kappa shape index (κ2) is 11.9. The molecular formula is C24H21F3O5S2. The third kappa shape index (κ3) is 7.75. The van der Waals surface area contributed by atoms with Crippen molar-refractivity contribution < 1.29 is 35.7 Å². The van der Waals surface area contributed by atoms with Crippen LogP contribution in [0.5, 0.6) is 0 Å². The molecule has 0 saturated heterocycles. The molecule has 0 N–H and O–H groups in total. The van der Waals surface area contributed by atoms with E-state index in [2.05, 4.69) is 35.6 Å². The van der Waals surface area contributed by atoms with Gasteiger partial charge in [-0.1, -0.05) is 43.0 Å². The van der Waals surface area contributed by atoms with Crippen LogP contribution >= 0.6 is 0 Å². The largest absolute Gasteiger partial charge is 0.743 e. The first kappa shape index (κ1) is 27.2. The first-order valence-corrected chi connectivity index (χ1v) is 12.3. The number of hydrogen-bond donors (Lipinski definition) is 0. The van der Waals surface area contributed by atoms with Gasteiger partial charge in [-0.25, -0.2) is 17.6 Å². The van der Waals surface area contributed by atoms with Gasteiger partial charge < -0.3 is 9.29 Å². The molecule has 0 aliphatic rings. The van der Waals surface area contributed by atoms with E-state index in [4.69, 9.17) is 0 Å². The Balaban J connectivity index is 0.000000259. The number of carbonyl (C=O) groups excluding carboxylic acids is 1. The van der Waals surface area contributed by atoms with Crippen LogP contribution in [0.15, 0.2) is 112 Å². The van der Waals surface area contributed by atoms with Gasteiger partial charge in [-0.15, -0.1) is 0 Å². The number of ether oxygens (including phenoxy) is 1. The minimum absolute atomic E-state index is 0.177. The number of esters is 1. The number of rotatable bonds is 7. The van der Waals surface area contributed by atoms with Crippen molar-refractivity contribution in [1.29, 1.82) is 0 Å². The molecule has 0 aromatic heterocycles. The summed E-state index contributed by atoms with van der Waals surface area (Å²) in [6.45, 7) is 2.46. The van der Waals surface area contributed by atoms with E-state index in [-0.39, 0.29) is 22.3 Å². The molecule has 0 aliphatic carbocycles. The maximum absolute atomic E-state index is 13.2. The molecule has 3 aromatic carbocycles. The van der Waals surface area contributed by atoms with Gasteiger partial charge in [0, 0.05) is 5.57 Å². The van der Waals surface area contributed by atoms with Gasteiger partial charge in [0.25, 0.3) is 0 Å². The molecule has 10 heteroatoms. The Morgan fingerprint density at radius 3 is 1.71 bits per heavy atom.